The minimum Gasteiger partial charge on any atom is -0.465 e. The molecule has 0 unspecified atom stereocenters. The third kappa shape index (κ3) is 5.12. The molecule has 0 aliphatic rings. The standard InChI is InChI=1S/C14H14F3NO4/c1-8(19)12(13(20)21-2)11(18)7-9-4-3-5-10(6-9)22-14(15,16)17/h3-6H,7,18H2,1-2H3. The molecule has 0 fully saturated rings. The Morgan fingerprint density at radius 3 is 2.41 bits per heavy atom. The number of esters is 1. The molecule has 0 spiro atoms. The third-order valence-electron chi connectivity index (χ3n) is 2.59. The Labute approximate surface area is 124 Å². The van der Waals surface area contributed by atoms with Crippen LogP contribution >= 0.6 is 0 Å². The van der Waals surface area contributed by atoms with E-state index < -0.39 is 23.9 Å². The molecule has 0 saturated heterocycles. The Kier molecular flexibility index (Phi) is 5.56. The molecule has 0 bridgehead atoms. The number of allylic oxidation sites excluding steroid dienone is 1. The van der Waals surface area contributed by atoms with Crippen LogP contribution < -0.4 is 10.5 Å². The smallest absolute Gasteiger partial charge is 0.465 e. The molecule has 22 heavy (non-hydrogen) atoms. The molecule has 8 heteroatoms. The molecular weight excluding hydrogens is 303 g/mol. The lowest BCUT2D eigenvalue weighted by Crippen LogP contribution is -2.20. The summed E-state index contributed by atoms with van der Waals surface area (Å²) in [7, 11) is 1.09. The maximum absolute atomic E-state index is 12.2. The molecule has 0 aliphatic heterocycles. The van der Waals surface area contributed by atoms with E-state index in [9.17, 15) is 22.8 Å². The van der Waals surface area contributed by atoms with Gasteiger partial charge in [-0.2, -0.15) is 0 Å². The second-order valence-corrected chi connectivity index (χ2v) is 4.32. The number of methoxy groups -OCH3 is 1. The van der Waals surface area contributed by atoms with Crippen molar-refractivity contribution in [2.75, 3.05) is 7.11 Å². The summed E-state index contributed by atoms with van der Waals surface area (Å²) < 4.78 is 44.7. The van der Waals surface area contributed by atoms with E-state index in [-0.39, 0.29) is 17.7 Å². The number of ether oxygens (including phenoxy) is 2. The van der Waals surface area contributed by atoms with Crippen LogP contribution in [0.25, 0.3) is 0 Å². The van der Waals surface area contributed by atoms with Gasteiger partial charge in [0.15, 0.2) is 5.78 Å². The number of ketones is 1. The lowest BCUT2D eigenvalue weighted by Gasteiger charge is -2.11. The molecule has 0 heterocycles. The molecule has 1 rings (SSSR count). The molecule has 0 aliphatic carbocycles. The molecule has 0 atom stereocenters. The number of carbonyl (C=O) groups is 2. The number of nitrogens with two attached hydrogens (primary N) is 1. The van der Waals surface area contributed by atoms with Crippen molar-refractivity contribution in [3.63, 3.8) is 0 Å². The van der Waals surface area contributed by atoms with Crippen LogP contribution in [-0.2, 0) is 20.7 Å². The van der Waals surface area contributed by atoms with Crippen molar-refractivity contribution in [2.24, 2.45) is 5.73 Å². The van der Waals surface area contributed by atoms with Gasteiger partial charge >= 0.3 is 12.3 Å². The normalized spacial score (nSPS) is 12.4. The summed E-state index contributed by atoms with van der Waals surface area (Å²) in [5.41, 5.74) is 5.63. The van der Waals surface area contributed by atoms with Crippen molar-refractivity contribution >= 4 is 11.8 Å². The van der Waals surface area contributed by atoms with Gasteiger partial charge in [0.25, 0.3) is 0 Å². The number of halogens is 3. The van der Waals surface area contributed by atoms with E-state index in [1.165, 1.54) is 12.1 Å². The number of carbonyl (C=O) groups excluding carboxylic acids is 2. The van der Waals surface area contributed by atoms with Gasteiger partial charge < -0.3 is 15.2 Å². The van der Waals surface area contributed by atoms with Gasteiger partial charge in [0, 0.05) is 12.1 Å². The van der Waals surface area contributed by atoms with Crippen LogP contribution in [-0.4, -0.2) is 25.2 Å². The van der Waals surface area contributed by atoms with Crippen molar-refractivity contribution in [1.82, 2.24) is 0 Å². The maximum Gasteiger partial charge on any atom is 0.573 e. The molecule has 1 aromatic rings. The van der Waals surface area contributed by atoms with Gasteiger partial charge in [0.05, 0.1) is 7.11 Å². The zero-order valence-electron chi connectivity index (χ0n) is 11.9. The van der Waals surface area contributed by atoms with Crippen LogP contribution in [0.15, 0.2) is 35.5 Å². The number of rotatable bonds is 5. The van der Waals surface area contributed by atoms with Gasteiger partial charge in [0.1, 0.15) is 11.3 Å². The average molecular weight is 317 g/mol. The quantitative estimate of drug-likeness (QED) is 0.389. The number of alkyl halides is 3. The number of hydrogen-bond donors (Lipinski definition) is 1. The number of hydrogen-bond acceptors (Lipinski definition) is 5. The molecule has 0 amide bonds. The number of benzene rings is 1. The first-order chi connectivity index (χ1) is 10.1. The maximum atomic E-state index is 12.2. The van der Waals surface area contributed by atoms with E-state index in [0.29, 0.717) is 5.56 Å². The highest BCUT2D eigenvalue weighted by Gasteiger charge is 2.31. The van der Waals surface area contributed by atoms with Crippen molar-refractivity contribution in [1.29, 1.82) is 0 Å². The largest absolute Gasteiger partial charge is 0.573 e. The van der Waals surface area contributed by atoms with Gasteiger partial charge in [0.2, 0.25) is 0 Å². The Bertz CT molecular complexity index is 608. The summed E-state index contributed by atoms with van der Waals surface area (Å²) >= 11 is 0. The Hall–Kier alpha value is -2.51. The van der Waals surface area contributed by atoms with Crippen LogP contribution in [0.2, 0.25) is 0 Å². The molecule has 2 N–H and O–H groups in total. The van der Waals surface area contributed by atoms with E-state index in [0.717, 1.165) is 26.2 Å². The van der Waals surface area contributed by atoms with E-state index in [1.807, 2.05) is 0 Å². The SMILES string of the molecule is COC(=O)C(C(C)=O)=C(N)Cc1cccc(OC(F)(F)F)c1. The fourth-order valence-electron chi connectivity index (χ4n) is 1.76. The van der Waals surface area contributed by atoms with E-state index in [4.69, 9.17) is 5.73 Å². The topological polar surface area (TPSA) is 78.6 Å². The minimum absolute atomic E-state index is 0.0940. The Morgan fingerprint density at radius 1 is 1.27 bits per heavy atom. The van der Waals surface area contributed by atoms with Crippen molar-refractivity contribution < 1.29 is 32.2 Å². The minimum atomic E-state index is -4.81. The van der Waals surface area contributed by atoms with Gasteiger partial charge in [-0.3, -0.25) is 4.79 Å². The summed E-state index contributed by atoms with van der Waals surface area (Å²) in [6.45, 7) is 1.14. The first-order valence-corrected chi connectivity index (χ1v) is 6.06. The average Bonchev–Trinajstić information content (AvgIpc) is 2.36. The van der Waals surface area contributed by atoms with Crippen LogP contribution in [0.4, 0.5) is 13.2 Å². The zero-order valence-corrected chi connectivity index (χ0v) is 11.9. The van der Waals surface area contributed by atoms with Gasteiger partial charge in [-0.15, -0.1) is 13.2 Å². The second kappa shape index (κ2) is 6.97. The molecule has 1 aromatic carbocycles. The van der Waals surface area contributed by atoms with E-state index in [1.54, 1.807) is 0 Å². The summed E-state index contributed by atoms with van der Waals surface area (Å²) in [6, 6.07) is 5.08. The molecule has 0 radical (unpaired) electrons. The van der Waals surface area contributed by atoms with Gasteiger partial charge in [-0.05, 0) is 24.6 Å². The van der Waals surface area contributed by atoms with Crippen LogP contribution in [0.1, 0.15) is 12.5 Å². The Balaban J connectivity index is 3.05. The zero-order chi connectivity index (χ0) is 16.9. The van der Waals surface area contributed by atoms with E-state index >= 15 is 0 Å². The summed E-state index contributed by atoms with van der Waals surface area (Å²) in [5.74, 6) is -1.90. The molecule has 0 aromatic heterocycles. The molecule has 0 saturated carbocycles. The first kappa shape index (κ1) is 17.5. The van der Waals surface area contributed by atoms with Crippen LogP contribution in [0, 0.1) is 0 Å². The second-order valence-electron chi connectivity index (χ2n) is 4.32. The van der Waals surface area contributed by atoms with Crippen molar-refractivity contribution in [2.45, 2.75) is 19.7 Å². The highest BCUT2D eigenvalue weighted by molar-refractivity contribution is 6.16. The number of Topliss-reactive ketones (excluding diaryl/α,β-unsaturated/α-hetero) is 1. The molecule has 5 nitrogen and oxygen atoms in total. The fourth-order valence-corrected chi connectivity index (χ4v) is 1.76. The summed E-state index contributed by atoms with van der Waals surface area (Å²) in [5, 5.41) is 0. The lowest BCUT2D eigenvalue weighted by atomic mass is 10.0. The highest BCUT2D eigenvalue weighted by atomic mass is 19.4. The summed E-state index contributed by atoms with van der Waals surface area (Å²) in [6.07, 6.45) is -4.91. The predicted octanol–water partition coefficient (Wildman–Crippen LogP) is 2.10. The molecular formula is C14H14F3NO4. The lowest BCUT2D eigenvalue weighted by molar-refractivity contribution is -0.274. The van der Waals surface area contributed by atoms with Gasteiger partial charge in [-0.25, -0.2) is 4.79 Å². The monoisotopic (exact) mass is 317 g/mol. The van der Waals surface area contributed by atoms with Crippen LogP contribution in [0.5, 0.6) is 5.75 Å². The van der Waals surface area contributed by atoms with Crippen LogP contribution in [0.3, 0.4) is 0 Å². The van der Waals surface area contributed by atoms with Crippen molar-refractivity contribution in [3.8, 4) is 5.75 Å². The summed E-state index contributed by atoms with van der Waals surface area (Å²) in [4.78, 5) is 22.9. The van der Waals surface area contributed by atoms with Gasteiger partial charge in [-0.1, -0.05) is 12.1 Å². The first-order valence-electron chi connectivity index (χ1n) is 6.06. The van der Waals surface area contributed by atoms with Crippen molar-refractivity contribution in [3.05, 3.63) is 41.1 Å². The third-order valence-corrected chi connectivity index (χ3v) is 2.59. The van der Waals surface area contributed by atoms with E-state index in [2.05, 4.69) is 9.47 Å². The predicted molar refractivity (Wildman–Crippen MR) is 70.7 cm³/mol. The fraction of sp³-hybridized carbons (Fsp3) is 0.286. The Morgan fingerprint density at radius 2 is 1.91 bits per heavy atom. The molecule has 120 valence electrons. The highest BCUT2D eigenvalue weighted by Crippen LogP contribution is 2.24.